The summed E-state index contributed by atoms with van der Waals surface area (Å²) < 4.78 is 0. The predicted octanol–water partition coefficient (Wildman–Crippen LogP) is 3.27. The maximum absolute atomic E-state index is 10.8. The normalized spacial score (nSPS) is 12.4. The second-order valence-electron chi connectivity index (χ2n) is 4.69. The van der Waals surface area contributed by atoms with Crippen LogP contribution in [0.4, 0.5) is 0 Å². The van der Waals surface area contributed by atoms with Crippen molar-refractivity contribution in [3.8, 4) is 11.5 Å². The number of hydrogen-bond acceptors (Lipinski definition) is 3. The number of aromatic hydroxyl groups is 2. The van der Waals surface area contributed by atoms with E-state index in [1.54, 1.807) is 26.0 Å². The van der Waals surface area contributed by atoms with Gasteiger partial charge in [0.15, 0.2) is 0 Å². The summed E-state index contributed by atoms with van der Waals surface area (Å²) in [5, 5.41) is 19.4. The number of rotatable bonds is 5. The molecule has 0 amide bonds. The Morgan fingerprint density at radius 1 is 1.29 bits per heavy atom. The Morgan fingerprint density at radius 2 is 1.94 bits per heavy atom. The minimum absolute atomic E-state index is 0.140. The van der Waals surface area contributed by atoms with Crippen LogP contribution in [-0.4, -0.2) is 16.0 Å². The van der Waals surface area contributed by atoms with Crippen LogP contribution in [0, 0.1) is 6.92 Å². The fraction of sp³-hybridized carbons (Fsp3) is 0.500. The number of benzene rings is 1. The first-order valence-corrected chi connectivity index (χ1v) is 5.93. The van der Waals surface area contributed by atoms with E-state index in [0.717, 1.165) is 18.4 Å². The average molecular weight is 236 g/mol. The molecule has 17 heavy (non-hydrogen) atoms. The van der Waals surface area contributed by atoms with Gasteiger partial charge in [0.05, 0.1) is 0 Å². The Kier molecular flexibility index (Phi) is 4.55. The van der Waals surface area contributed by atoms with E-state index in [0.29, 0.717) is 12.0 Å². The van der Waals surface area contributed by atoms with E-state index in [9.17, 15) is 15.0 Å². The van der Waals surface area contributed by atoms with Crippen molar-refractivity contribution < 1.29 is 15.0 Å². The number of phenolic OH excluding ortho intramolecular Hbond substituents is 2. The average Bonchev–Trinajstić information content (AvgIpc) is 2.22. The Hall–Kier alpha value is -1.51. The number of carbonyl (C=O) groups is 1. The van der Waals surface area contributed by atoms with E-state index in [2.05, 4.69) is 0 Å². The Bertz CT molecular complexity index is 410. The highest BCUT2D eigenvalue weighted by atomic mass is 16.3. The van der Waals surface area contributed by atoms with Crippen molar-refractivity contribution in [1.29, 1.82) is 0 Å². The Morgan fingerprint density at radius 3 is 2.53 bits per heavy atom. The van der Waals surface area contributed by atoms with Gasteiger partial charge in [-0.2, -0.15) is 0 Å². The summed E-state index contributed by atoms with van der Waals surface area (Å²) in [6, 6.07) is 3.19. The van der Waals surface area contributed by atoms with Gasteiger partial charge in [-0.25, -0.2) is 0 Å². The fourth-order valence-corrected chi connectivity index (χ4v) is 1.90. The zero-order valence-corrected chi connectivity index (χ0v) is 10.7. The van der Waals surface area contributed by atoms with Crippen LogP contribution < -0.4 is 0 Å². The Balaban J connectivity index is 2.71. The van der Waals surface area contributed by atoms with E-state index in [1.165, 1.54) is 0 Å². The zero-order valence-electron chi connectivity index (χ0n) is 10.7. The van der Waals surface area contributed by atoms with Crippen molar-refractivity contribution in [1.82, 2.24) is 0 Å². The molecule has 1 atom stereocenters. The van der Waals surface area contributed by atoms with Gasteiger partial charge >= 0.3 is 0 Å². The highest BCUT2D eigenvalue weighted by Gasteiger charge is 2.13. The molecule has 0 aliphatic carbocycles. The lowest BCUT2D eigenvalue weighted by molar-refractivity contribution is -0.117. The first-order valence-electron chi connectivity index (χ1n) is 5.93. The number of hydrogen-bond donors (Lipinski definition) is 2. The molecule has 1 aromatic carbocycles. The molecular formula is C14H20O3. The van der Waals surface area contributed by atoms with E-state index >= 15 is 0 Å². The molecule has 0 radical (unpaired) electrons. The number of phenols is 2. The van der Waals surface area contributed by atoms with Gasteiger partial charge in [-0.1, -0.05) is 6.92 Å². The summed E-state index contributed by atoms with van der Waals surface area (Å²) in [6.07, 6.45) is 2.21. The molecule has 0 aliphatic rings. The van der Waals surface area contributed by atoms with Crippen molar-refractivity contribution in [3.63, 3.8) is 0 Å². The second kappa shape index (κ2) is 5.71. The summed E-state index contributed by atoms with van der Waals surface area (Å²) in [4.78, 5) is 10.8. The molecule has 3 heteroatoms. The van der Waals surface area contributed by atoms with E-state index < -0.39 is 0 Å². The summed E-state index contributed by atoms with van der Waals surface area (Å²) in [7, 11) is 0. The lowest BCUT2D eigenvalue weighted by atomic mass is 9.93. The summed E-state index contributed by atoms with van der Waals surface area (Å²) in [6.45, 7) is 5.32. The van der Waals surface area contributed by atoms with Gasteiger partial charge in [-0.3, -0.25) is 0 Å². The minimum atomic E-state index is 0.140. The van der Waals surface area contributed by atoms with Crippen LogP contribution in [0.15, 0.2) is 12.1 Å². The number of aryl methyl sites for hydroxylation is 1. The van der Waals surface area contributed by atoms with Crippen molar-refractivity contribution in [3.05, 3.63) is 23.3 Å². The zero-order chi connectivity index (χ0) is 13.0. The van der Waals surface area contributed by atoms with Gasteiger partial charge in [-0.15, -0.1) is 0 Å². The van der Waals surface area contributed by atoms with Crippen LogP contribution in [0.1, 0.15) is 50.2 Å². The molecule has 94 valence electrons. The van der Waals surface area contributed by atoms with Crippen molar-refractivity contribution in [2.24, 2.45) is 0 Å². The number of carbonyl (C=O) groups excluding carboxylic acids is 1. The van der Waals surface area contributed by atoms with Crippen LogP contribution in [0.2, 0.25) is 0 Å². The van der Waals surface area contributed by atoms with Crippen LogP contribution in [0.3, 0.4) is 0 Å². The largest absolute Gasteiger partial charge is 0.508 e. The van der Waals surface area contributed by atoms with Gasteiger partial charge in [0.25, 0.3) is 0 Å². The molecule has 0 aromatic heterocycles. The third kappa shape index (κ3) is 3.77. The van der Waals surface area contributed by atoms with Gasteiger partial charge < -0.3 is 15.0 Å². The quantitative estimate of drug-likeness (QED) is 0.771. The monoisotopic (exact) mass is 236 g/mol. The minimum Gasteiger partial charge on any atom is -0.508 e. The molecule has 2 N–H and O–H groups in total. The molecule has 0 aliphatic heterocycles. The molecule has 3 nitrogen and oxygen atoms in total. The SMILES string of the molecule is CC(=O)CCC[C@@H](C)c1cc(O)c(C)cc1O. The van der Waals surface area contributed by atoms with Gasteiger partial charge in [-0.05, 0) is 50.3 Å². The maximum atomic E-state index is 10.8. The standard InChI is InChI=1S/C14H20O3/c1-9(5-4-6-11(3)15)12-8-13(16)10(2)7-14(12)17/h7-9,16-17H,4-6H2,1-3H3/t9-/m1/s1. The van der Waals surface area contributed by atoms with Crippen molar-refractivity contribution >= 4 is 5.78 Å². The van der Waals surface area contributed by atoms with Gasteiger partial charge in [0.1, 0.15) is 17.3 Å². The lowest BCUT2D eigenvalue weighted by Gasteiger charge is -2.14. The van der Waals surface area contributed by atoms with E-state index in [1.807, 2.05) is 6.92 Å². The highest BCUT2D eigenvalue weighted by Crippen LogP contribution is 2.34. The molecule has 0 bridgehead atoms. The summed E-state index contributed by atoms with van der Waals surface area (Å²) >= 11 is 0. The molecule has 0 unspecified atom stereocenters. The van der Waals surface area contributed by atoms with Crippen LogP contribution in [0.25, 0.3) is 0 Å². The number of Topliss-reactive ketones (excluding diaryl/α,β-unsaturated/α-hetero) is 1. The lowest BCUT2D eigenvalue weighted by Crippen LogP contribution is -1.97. The van der Waals surface area contributed by atoms with Crippen molar-refractivity contribution in [2.75, 3.05) is 0 Å². The van der Waals surface area contributed by atoms with Gasteiger partial charge in [0.2, 0.25) is 0 Å². The number of ketones is 1. The molecule has 1 aromatic rings. The smallest absolute Gasteiger partial charge is 0.129 e. The van der Waals surface area contributed by atoms with Crippen LogP contribution in [0.5, 0.6) is 11.5 Å². The van der Waals surface area contributed by atoms with Crippen LogP contribution in [-0.2, 0) is 4.79 Å². The second-order valence-corrected chi connectivity index (χ2v) is 4.69. The fourth-order valence-electron chi connectivity index (χ4n) is 1.90. The predicted molar refractivity (Wildman–Crippen MR) is 67.5 cm³/mol. The van der Waals surface area contributed by atoms with Crippen LogP contribution >= 0.6 is 0 Å². The third-order valence-electron chi connectivity index (χ3n) is 3.04. The molecule has 1 rings (SSSR count). The molecule has 0 saturated carbocycles. The van der Waals surface area contributed by atoms with Crippen molar-refractivity contribution in [2.45, 2.75) is 46.0 Å². The molecule has 0 fully saturated rings. The molecule has 0 heterocycles. The Labute approximate surface area is 102 Å². The first kappa shape index (κ1) is 13.6. The topological polar surface area (TPSA) is 57.5 Å². The first-order chi connectivity index (χ1) is 7.91. The van der Waals surface area contributed by atoms with E-state index in [-0.39, 0.29) is 23.2 Å². The summed E-state index contributed by atoms with van der Waals surface area (Å²) in [5.41, 5.74) is 1.42. The van der Waals surface area contributed by atoms with E-state index in [4.69, 9.17) is 0 Å². The highest BCUT2D eigenvalue weighted by molar-refractivity contribution is 5.75. The molecular weight excluding hydrogens is 216 g/mol. The van der Waals surface area contributed by atoms with Gasteiger partial charge in [0, 0.05) is 12.0 Å². The molecule has 0 spiro atoms. The molecule has 0 saturated heterocycles. The summed E-state index contributed by atoms with van der Waals surface area (Å²) in [5.74, 6) is 0.751. The third-order valence-corrected chi connectivity index (χ3v) is 3.04. The maximum Gasteiger partial charge on any atom is 0.129 e.